The van der Waals surface area contributed by atoms with Crippen molar-refractivity contribution < 1.29 is 21.6 Å². The Kier molecular flexibility index (Phi) is 5.06. The Labute approximate surface area is 148 Å². The van der Waals surface area contributed by atoms with Gasteiger partial charge in [0.1, 0.15) is 17.5 Å². The van der Waals surface area contributed by atoms with Crippen molar-refractivity contribution in [3.63, 3.8) is 0 Å². The van der Waals surface area contributed by atoms with Crippen LogP contribution in [0, 0.1) is 17.5 Å². The zero-order valence-corrected chi connectivity index (χ0v) is 14.1. The topological polar surface area (TPSA) is 59.1 Å². The van der Waals surface area contributed by atoms with Crippen LogP contribution in [-0.4, -0.2) is 13.4 Å². The lowest BCUT2D eigenvalue weighted by molar-refractivity contribution is 0.576. The van der Waals surface area contributed by atoms with Crippen molar-refractivity contribution in [2.45, 2.75) is 11.4 Å². The van der Waals surface area contributed by atoms with Crippen molar-refractivity contribution in [1.82, 2.24) is 9.71 Å². The van der Waals surface area contributed by atoms with Gasteiger partial charge in [-0.2, -0.15) is 0 Å². The molecule has 0 fully saturated rings. The fourth-order valence-corrected chi connectivity index (χ4v) is 3.38. The largest absolute Gasteiger partial charge is 0.265 e. The molecule has 0 radical (unpaired) electrons. The normalized spacial score (nSPS) is 11.5. The Balaban J connectivity index is 1.86. The molecule has 0 saturated heterocycles. The zero-order chi connectivity index (χ0) is 18.7. The molecule has 26 heavy (non-hydrogen) atoms. The number of nitrogens with zero attached hydrogens (tertiary/aromatic N) is 1. The van der Waals surface area contributed by atoms with Crippen LogP contribution in [0.15, 0.2) is 65.8 Å². The first-order valence-corrected chi connectivity index (χ1v) is 8.99. The maximum Gasteiger partial charge on any atom is 0.240 e. The first-order valence-electron chi connectivity index (χ1n) is 7.50. The molecular formula is C18H13F3N2O2S. The van der Waals surface area contributed by atoms with Crippen LogP contribution < -0.4 is 4.72 Å². The zero-order valence-electron chi connectivity index (χ0n) is 13.3. The summed E-state index contributed by atoms with van der Waals surface area (Å²) in [6.45, 7) is 0.0147. The summed E-state index contributed by atoms with van der Waals surface area (Å²) < 4.78 is 68.1. The molecule has 2 aromatic carbocycles. The lowest BCUT2D eigenvalue weighted by Gasteiger charge is -2.10. The van der Waals surface area contributed by atoms with Gasteiger partial charge in [0.25, 0.3) is 0 Å². The number of halogens is 3. The van der Waals surface area contributed by atoms with Gasteiger partial charge in [-0.25, -0.2) is 26.3 Å². The van der Waals surface area contributed by atoms with Gasteiger partial charge < -0.3 is 0 Å². The Morgan fingerprint density at radius 3 is 2.08 bits per heavy atom. The number of hydrogen-bond acceptors (Lipinski definition) is 3. The Morgan fingerprint density at radius 1 is 0.846 bits per heavy atom. The molecular weight excluding hydrogens is 365 g/mol. The Morgan fingerprint density at radius 2 is 1.46 bits per heavy atom. The smallest absolute Gasteiger partial charge is 0.240 e. The van der Waals surface area contributed by atoms with Gasteiger partial charge in [0.2, 0.25) is 10.0 Å². The van der Waals surface area contributed by atoms with Crippen LogP contribution in [0.5, 0.6) is 0 Å². The fourth-order valence-electron chi connectivity index (χ4n) is 2.35. The fraction of sp³-hybridized carbons (Fsp3) is 0.0556. The van der Waals surface area contributed by atoms with Gasteiger partial charge in [-0.3, -0.25) is 4.98 Å². The average molecular weight is 378 g/mol. The van der Waals surface area contributed by atoms with Gasteiger partial charge in [-0.05, 0) is 48.0 Å². The second-order valence-corrected chi connectivity index (χ2v) is 7.21. The van der Waals surface area contributed by atoms with E-state index in [4.69, 9.17) is 0 Å². The van der Waals surface area contributed by atoms with Crippen LogP contribution in [0.1, 0.15) is 5.56 Å². The van der Waals surface area contributed by atoms with Gasteiger partial charge in [-0.15, -0.1) is 0 Å². The third kappa shape index (κ3) is 3.92. The van der Waals surface area contributed by atoms with Crippen LogP contribution in [0.2, 0.25) is 0 Å². The maximum atomic E-state index is 14.3. The highest BCUT2D eigenvalue weighted by molar-refractivity contribution is 7.89. The Bertz CT molecular complexity index is 1040. The van der Waals surface area contributed by atoms with Gasteiger partial charge in [0, 0.05) is 36.1 Å². The minimum atomic E-state index is -3.96. The second kappa shape index (κ2) is 7.27. The summed E-state index contributed by atoms with van der Waals surface area (Å²) in [6.07, 6.45) is 3.05. The van der Waals surface area contributed by atoms with Crippen LogP contribution in [0.25, 0.3) is 11.1 Å². The molecule has 1 heterocycles. The molecule has 8 heteroatoms. The molecule has 3 rings (SSSR count). The number of hydrogen-bond donors (Lipinski definition) is 1. The van der Waals surface area contributed by atoms with Gasteiger partial charge in [0.15, 0.2) is 0 Å². The molecule has 0 spiro atoms. The second-order valence-electron chi connectivity index (χ2n) is 5.45. The van der Waals surface area contributed by atoms with Crippen molar-refractivity contribution >= 4 is 10.0 Å². The predicted molar refractivity (Wildman–Crippen MR) is 90.0 cm³/mol. The van der Waals surface area contributed by atoms with Crippen molar-refractivity contribution in [3.05, 3.63) is 83.9 Å². The minimum absolute atomic E-state index is 0.0147. The van der Waals surface area contributed by atoms with E-state index in [1.807, 2.05) is 0 Å². The molecule has 0 atom stereocenters. The molecule has 0 amide bonds. The van der Waals surface area contributed by atoms with Crippen molar-refractivity contribution in [3.8, 4) is 11.1 Å². The van der Waals surface area contributed by atoms with Gasteiger partial charge >= 0.3 is 0 Å². The van der Waals surface area contributed by atoms with Gasteiger partial charge in [0.05, 0.1) is 4.90 Å². The van der Waals surface area contributed by atoms with Crippen LogP contribution in [-0.2, 0) is 16.6 Å². The quantitative estimate of drug-likeness (QED) is 0.737. The van der Waals surface area contributed by atoms with Crippen LogP contribution >= 0.6 is 0 Å². The summed E-state index contributed by atoms with van der Waals surface area (Å²) in [5.41, 5.74) is 0.377. The van der Waals surface area contributed by atoms with E-state index in [0.717, 1.165) is 30.3 Å². The Hall–Kier alpha value is -2.71. The first kappa shape index (κ1) is 18.1. The monoisotopic (exact) mass is 378 g/mol. The summed E-state index contributed by atoms with van der Waals surface area (Å²) in [6, 6.07) is 9.12. The van der Waals surface area contributed by atoms with E-state index in [2.05, 4.69) is 9.71 Å². The SMILES string of the molecule is O=S(=O)(NCc1ccncc1)c1ccc(-c2ccc(F)cc2F)c(F)c1. The highest BCUT2D eigenvalue weighted by Crippen LogP contribution is 2.28. The molecule has 134 valence electrons. The summed E-state index contributed by atoms with van der Waals surface area (Å²) in [4.78, 5) is 3.53. The van der Waals surface area contributed by atoms with E-state index >= 15 is 0 Å². The standard InChI is InChI=1S/C18H13F3N2O2S/c19-13-1-3-15(17(20)9-13)16-4-2-14(10-18(16)21)26(24,25)23-11-12-5-7-22-8-6-12/h1-10,23H,11H2. The van der Waals surface area contributed by atoms with Crippen molar-refractivity contribution in [2.75, 3.05) is 0 Å². The van der Waals surface area contributed by atoms with E-state index in [1.54, 1.807) is 12.1 Å². The number of sulfonamides is 1. The highest BCUT2D eigenvalue weighted by Gasteiger charge is 2.18. The number of rotatable bonds is 5. The lowest BCUT2D eigenvalue weighted by Crippen LogP contribution is -2.23. The summed E-state index contributed by atoms with van der Waals surface area (Å²) in [5, 5.41) is 0. The number of pyridine rings is 1. The number of aromatic nitrogens is 1. The molecule has 0 aliphatic carbocycles. The molecule has 1 aromatic heterocycles. The van der Waals surface area contributed by atoms with Gasteiger partial charge in [-0.1, -0.05) is 0 Å². The van der Waals surface area contributed by atoms with Crippen molar-refractivity contribution in [1.29, 1.82) is 0 Å². The molecule has 0 aliphatic heterocycles. The highest BCUT2D eigenvalue weighted by atomic mass is 32.2. The average Bonchev–Trinajstić information content (AvgIpc) is 2.61. The van der Waals surface area contributed by atoms with E-state index < -0.39 is 27.5 Å². The van der Waals surface area contributed by atoms with Crippen molar-refractivity contribution in [2.24, 2.45) is 0 Å². The molecule has 1 N–H and O–H groups in total. The lowest BCUT2D eigenvalue weighted by atomic mass is 10.0. The third-order valence-electron chi connectivity index (χ3n) is 3.69. The van der Waals surface area contributed by atoms with E-state index in [-0.39, 0.29) is 22.6 Å². The molecule has 3 aromatic rings. The molecule has 0 unspecified atom stereocenters. The van der Waals surface area contributed by atoms with E-state index in [9.17, 15) is 21.6 Å². The summed E-state index contributed by atoms with van der Waals surface area (Å²) in [5.74, 6) is -2.65. The summed E-state index contributed by atoms with van der Waals surface area (Å²) in [7, 11) is -3.96. The maximum absolute atomic E-state index is 14.3. The molecule has 4 nitrogen and oxygen atoms in total. The number of nitrogens with one attached hydrogen (secondary N) is 1. The molecule has 0 bridgehead atoms. The predicted octanol–water partition coefficient (Wildman–Crippen LogP) is 3.64. The van der Waals surface area contributed by atoms with Crippen LogP contribution in [0.4, 0.5) is 13.2 Å². The van der Waals surface area contributed by atoms with Crippen LogP contribution in [0.3, 0.4) is 0 Å². The molecule has 0 aliphatic rings. The number of benzene rings is 2. The minimum Gasteiger partial charge on any atom is -0.265 e. The molecule has 0 saturated carbocycles. The van der Waals surface area contributed by atoms with E-state index in [0.29, 0.717) is 11.6 Å². The first-order chi connectivity index (χ1) is 12.4. The summed E-state index contributed by atoms with van der Waals surface area (Å²) >= 11 is 0. The van der Waals surface area contributed by atoms with E-state index in [1.165, 1.54) is 12.4 Å². The third-order valence-corrected chi connectivity index (χ3v) is 5.09.